The largest absolute Gasteiger partial charge is 0.493 e. The van der Waals surface area contributed by atoms with E-state index in [0.29, 0.717) is 33.2 Å². The average Bonchev–Trinajstić information content (AvgIpc) is 2.86. The Balaban J connectivity index is 1.69. The third-order valence-corrected chi connectivity index (χ3v) is 5.55. The van der Waals surface area contributed by atoms with Crippen LogP contribution in [0.3, 0.4) is 0 Å². The molecule has 0 fully saturated rings. The van der Waals surface area contributed by atoms with Gasteiger partial charge in [-0.2, -0.15) is 10.5 Å². The number of allylic oxidation sites excluding steroid dienone is 1. The van der Waals surface area contributed by atoms with E-state index in [2.05, 4.69) is 12.1 Å². The van der Waals surface area contributed by atoms with Crippen LogP contribution in [0.25, 0.3) is 22.4 Å². The summed E-state index contributed by atoms with van der Waals surface area (Å²) < 4.78 is 11.4. The van der Waals surface area contributed by atoms with Crippen LogP contribution in [0, 0.1) is 22.7 Å². The molecular formula is C28H19ClN2O2. The molecule has 0 spiro atoms. The Hall–Kier alpha value is -4.25. The number of fused-ring (bicyclic) bond motifs is 1. The number of hydrogen-bond donors (Lipinski definition) is 0. The minimum absolute atomic E-state index is 0.175. The summed E-state index contributed by atoms with van der Waals surface area (Å²) in [7, 11) is 1.53. The first-order valence-corrected chi connectivity index (χ1v) is 10.6. The number of methoxy groups -OCH3 is 1. The van der Waals surface area contributed by atoms with Crippen LogP contribution in [-0.2, 0) is 6.61 Å². The van der Waals surface area contributed by atoms with E-state index < -0.39 is 0 Å². The van der Waals surface area contributed by atoms with Crippen molar-refractivity contribution in [1.82, 2.24) is 0 Å². The average molecular weight is 451 g/mol. The van der Waals surface area contributed by atoms with Crippen molar-refractivity contribution in [3.05, 3.63) is 106 Å². The highest BCUT2D eigenvalue weighted by atomic mass is 35.5. The normalized spacial score (nSPS) is 11.0. The summed E-state index contributed by atoms with van der Waals surface area (Å²) in [6, 6.07) is 29.0. The molecule has 0 aliphatic rings. The Kier molecular flexibility index (Phi) is 6.60. The molecule has 5 heteroatoms. The van der Waals surface area contributed by atoms with E-state index in [0.717, 1.165) is 21.9 Å². The zero-order valence-electron chi connectivity index (χ0n) is 17.9. The minimum Gasteiger partial charge on any atom is -0.493 e. The molecule has 4 rings (SSSR count). The third-order valence-electron chi connectivity index (χ3n) is 5.27. The van der Waals surface area contributed by atoms with Crippen LogP contribution < -0.4 is 9.47 Å². The molecule has 0 amide bonds. The summed E-state index contributed by atoms with van der Waals surface area (Å²) in [6.07, 6.45) is 1.78. The molecule has 33 heavy (non-hydrogen) atoms. The van der Waals surface area contributed by atoms with Gasteiger partial charge in [-0.05, 0) is 40.6 Å². The summed E-state index contributed by atoms with van der Waals surface area (Å²) >= 11 is 6.54. The van der Waals surface area contributed by atoms with Gasteiger partial charge in [0.1, 0.15) is 6.61 Å². The van der Waals surface area contributed by atoms with E-state index in [9.17, 15) is 10.5 Å². The zero-order valence-corrected chi connectivity index (χ0v) is 18.6. The summed E-state index contributed by atoms with van der Waals surface area (Å²) in [5, 5.41) is 21.6. The smallest absolute Gasteiger partial charge is 0.180 e. The molecule has 0 N–H and O–H groups in total. The summed E-state index contributed by atoms with van der Waals surface area (Å²) in [5.41, 5.74) is 3.37. The second-order valence-electron chi connectivity index (χ2n) is 7.29. The predicted molar refractivity (Wildman–Crippen MR) is 131 cm³/mol. The second-order valence-corrected chi connectivity index (χ2v) is 7.70. The van der Waals surface area contributed by atoms with Gasteiger partial charge >= 0.3 is 0 Å². The van der Waals surface area contributed by atoms with Crippen molar-refractivity contribution in [2.75, 3.05) is 7.11 Å². The molecule has 0 radical (unpaired) electrons. The molecule has 0 bridgehead atoms. The Bertz CT molecular complexity index is 1440. The number of halogens is 1. The molecule has 0 saturated carbocycles. The molecule has 0 aromatic heterocycles. The number of ether oxygens (including phenoxy) is 2. The molecule has 4 nitrogen and oxygen atoms in total. The van der Waals surface area contributed by atoms with E-state index in [1.807, 2.05) is 54.6 Å². The summed E-state index contributed by atoms with van der Waals surface area (Å²) in [6.45, 7) is 0.175. The molecule has 0 atom stereocenters. The maximum atomic E-state index is 9.88. The van der Waals surface area contributed by atoms with E-state index in [1.54, 1.807) is 30.3 Å². The molecule has 4 aromatic carbocycles. The van der Waals surface area contributed by atoms with Crippen LogP contribution in [0.15, 0.2) is 78.9 Å². The van der Waals surface area contributed by atoms with Gasteiger partial charge in [-0.3, -0.25) is 0 Å². The number of hydrogen-bond acceptors (Lipinski definition) is 4. The topological polar surface area (TPSA) is 66.0 Å². The van der Waals surface area contributed by atoms with Crippen molar-refractivity contribution in [2.45, 2.75) is 6.61 Å². The first kappa shape index (κ1) is 22.0. The minimum atomic E-state index is 0.175. The van der Waals surface area contributed by atoms with E-state index in [1.165, 1.54) is 7.11 Å². The van der Waals surface area contributed by atoms with Crippen molar-refractivity contribution >= 4 is 34.0 Å². The van der Waals surface area contributed by atoms with Crippen molar-refractivity contribution in [2.24, 2.45) is 0 Å². The van der Waals surface area contributed by atoms with Gasteiger partial charge in [0.2, 0.25) is 0 Å². The van der Waals surface area contributed by atoms with Crippen LogP contribution in [-0.4, -0.2) is 7.11 Å². The first-order chi connectivity index (χ1) is 16.1. The molecule has 0 saturated heterocycles. The molecular weight excluding hydrogens is 432 g/mol. The number of nitrogens with zero attached hydrogens (tertiary/aromatic N) is 2. The fourth-order valence-corrected chi connectivity index (χ4v) is 3.94. The highest BCUT2D eigenvalue weighted by Crippen LogP contribution is 2.38. The van der Waals surface area contributed by atoms with Crippen LogP contribution in [0.5, 0.6) is 11.5 Å². The van der Waals surface area contributed by atoms with Crippen molar-refractivity contribution in [3.8, 4) is 23.6 Å². The van der Waals surface area contributed by atoms with Gasteiger partial charge in [0.15, 0.2) is 11.5 Å². The van der Waals surface area contributed by atoms with Crippen molar-refractivity contribution in [3.63, 3.8) is 0 Å². The molecule has 0 unspecified atom stereocenters. The number of benzene rings is 4. The second kappa shape index (κ2) is 9.92. The summed E-state index contributed by atoms with van der Waals surface area (Å²) in [5.74, 6) is 0.825. The van der Waals surface area contributed by atoms with Gasteiger partial charge < -0.3 is 9.47 Å². The van der Waals surface area contributed by atoms with Crippen LogP contribution in [0.1, 0.15) is 22.3 Å². The Labute approximate surface area is 197 Å². The predicted octanol–water partition coefficient (Wildman–Crippen LogP) is 7.02. The third kappa shape index (κ3) is 4.67. The first-order valence-electron chi connectivity index (χ1n) is 10.2. The molecule has 0 aliphatic carbocycles. The van der Waals surface area contributed by atoms with Gasteiger partial charge in [0.25, 0.3) is 0 Å². The van der Waals surface area contributed by atoms with E-state index in [-0.39, 0.29) is 6.61 Å². The van der Waals surface area contributed by atoms with Crippen molar-refractivity contribution in [1.29, 1.82) is 10.5 Å². The lowest BCUT2D eigenvalue weighted by Crippen LogP contribution is -2.01. The van der Waals surface area contributed by atoms with E-state index in [4.69, 9.17) is 21.1 Å². The summed E-state index contributed by atoms with van der Waals surface area (Å²) in [4.78, 5) is 0. The van der Waals surface area contributed by atoms with Gasteiger partial charge in [-0.1, -0.05) is 72.3 Å². The number of nitriles is 2. The SMILES string of the molecule is COc1cc(/C=C(\C#N)c2cccc3ccccc23)cc(Cl)c1OCc1ccccc1C#N. The molecule has 4 aromatic rings. The Morgan fingerprint density at radius 2 is 1.73 bits per heavy atom. The van der Waals surface area contributed by atoms with Crippen LogP contribution in [0.4, 0.5) is 0 Å². The lowest BCUT2D eigenvalue weighted by molar-refractivity contribution is 0.284. The monoisotopic (exact) mass is 450 g/mol. The van der Waals surface area contributed by atoms with Crippen molar-refractivity contribution < 1.29 is 9.47 Å². The van der Waals surface area contributed by atoms with Crippen LogP contribution in [0.2, 0.25) is 5.02 Å². The standard InChI is InChI=1S/C28H19ClN2O2/c1-32-27-15-19(13-23(17-31)25-12-6-10-20-7-4-5-11-24(20)25)14-26(29)28(27)33-18-22-9-3-2-8-21(22)16-30/h2-15H,18H2,1H3/b23-13+. The van der Waals surface area contributed by atoms with Crippen LogP contribution >= 0.6 is 11.6 Å². The fraction of sp³-hybridized carbons (Fsp3) is 0.0714. The lowest BCUT2D eigenvalue weighted by atomic mass is 9.97. The fourth-order valence-electron chi connectivity index (χ4n) is 3.67. The lowest BCUT2D eigenvalue weighted by Gasteiger charge is -2.14. The highest BCUT2D eigenvalue weighted by Gasteiger charge is 2.14. The molecule has 160 valence electrons. The van der Waals surface area contributed by atoms with Gasteiger partial charge in [0.05, 0.1) is 35.4 Å². The highest BCUT2D eigenvalue weighted by molar-refractivity contribution is 6.32. The Morgan fingerprint density at radius 1 is 0.970 bits per heavy atom. The van der Waals surface area contributed by atoms with Gasteiger partial charge in [0, 0.05) is 11.1 Å². The molecule has 0 aliphatic heterocycles. The number of rotatable bonds is 6. The van der Waals surface area contributed by atoms with E-state index >= 15 is 0 Å². The maximum absolute atomic E-state index is 9.88. The zero-order chi connectivity index (χ0) is 23.2. The van der Waals surface area contributed by atoms with Gasteiger partial charge in [-0.25, -0.2) is 0 Å². The Morgan fingerprint density at radius 3 is 2.52 bits per heavy atom. The quantitative estimate of drug-likeness (QED) is 0.234. The maximum Gasteiger partial charge on any atom is 0.180 e. The van der Waals surface area contributed by atoms with Gasteiger partial charge in [-0.15, -0.1) is 0 Å². The molecule has 0 heterocycles.